The number of imide groups is 1. The van der Waals surface area contributed by atoms with Gasteiger partial charge in [-0.15, -0.1) is 0 Å². The van der Waals surface area contributed by atoms with E-state index in [4.69, 9.17) is 4.74 Å². The van der Waals surface area contributed by atoms with E-state index in [9.17, 15) is 14.4 Å². The van der Waals surface area contributed by atoms with Crippen molar-refractivity contribution in [3.05, 3.63) is 96.1 Å². The van der Waals surface area contributed by atoms with Gasteiger partial charge in [0.1, 0.15) is 0 Å². The summed E-state index contributed by atoms with van der Waals surface area (Å²) in [6.45, 7) is 0. The maximum atomic E-state index is 12.6. The van der Waals surface area contributed by atoms with Crippen LogP contribution < -0.4 is 10.6 Å². The first kappa shape index (κ1) is 19.8. The van der Waals surface area contributed by atoms with Crippen LogP contribution in [-0.2, 0) is 9.53 Å². The summed E-state index contributed by atoms with van der Waals surface area (Å²) in [4.78, 5) is 36.6. The molecule has 3 aromatic carbocycles. The van der Waals surface area contributed by atoms with E-state index in [0.717, 1.165) is 11.1 Å². The molecule has 0 aromatic heterocycles. The molecule has 0 bridgehead atoms. The fraction of sp³-hybridized carbons (Fsp3) is 0.0870. The lowest BCUT2D eigenvalue weighted by molar-refractivity contribution is -0.129. The molecule has 29 heavy (non-hydrogen) atoms. The zero-order valence-corrected chi connectivity index (χ0v) is 15.8. The van der Waals surface area contributed by atoms with Crippen LogP contribution in [0.25, 0.3) is 11.1 Å². The SMILES string of the molecule is CNC(=O)NC(=O)[C@H](OC(=O)c1ccc(-c2ccccc2)cc1)c1ccccc1. The zero-order chi connectivity index (χ0) is 20.6. The van der Waals surface area contributed by atoms with Crippen molar-refractivity contribution in [2.24, 2.45) is 0 Å². The number of amides is 3. The van der Waals surface area contributed by atoms with Crippen molar-refractivity contribution >= 4 is 17.9 Å². The van der Waals surface area contributed by atoms with Gasteiger partial charge >= 0.3 is 12.0 Å². The summed E-state index contributed by atoms with van der Waals surface area (Å²) >= 11 is 0. The van der Waals surface area contributed by atoms with Crippen molar-refractivity contribution in [2.45, 2.75) is 6.10 Å². The summed E-state index contributed by atoms with van der Waals surface area (Å²) < 4.78 is 5.44. The lowest BCUT2D eigenvalue weighted by Crippen LogP contribution is -2.41. The fourth-order valence-electron chi connectivity index (χ4n) is 2.75. The van der Waals surface area contributed by atoms with Crippen molar-refractivity contribution in [1.82, 2.24) is 10.6 Å². The topological polar surface area (TPSA) is 84.5 Å². The highest BCUT2D eigenvalue weighted by atomic mass is 16.5. The highest BCUT2D eigenvalue weighted by Gasteiger charge is 2.26. The fourth-order valence-corrected chi connectivity index (χ4v) is 2.75. The number of hydrogen-bond acceptors (Lipinski definition) is 4. The number of hydrogen-bond donors (Lipinski definition) is 2. The predicted molar refractivity (Wildman–Crippen MR) is 109 cm³/mol. The normalized spacial score (nSPS) is 11.2. The Balaban J connectivity index is 1.79. The first-order valence-corrected chi connectivity index (χ1v) is 9.02. The lowest BCUT2D eigenvalue weighted by Gasteiger charge is -2.17. The molecule has 1 atom stereocenters. The molecule has 146 valence electrons. The number of urea groups is 1. The van der Waals surface area contributed by atoms with Crippen molar-refractivity contribution in [3.63, 3.8) is 0 Å². The van der Waals surface area contributed by atoms with Gasteiger partial charge in [0.2, 0.25) is 6.10 Å². The number of ether oxygens (including phenoxy) is 1. The van der Waals surface area contributed by atoms with Crippen LogP contribution in [0, 0.1) is 0 Å². The third-order valence-corrected chi connectivity index (χ3v) is 4.26. The second-order valence-corrected chi connectivity index (χ2v) is 6.21. The summed E-state index contributed by atoms with van der Waals surface area (Å²) in [6, 6.07) is 24.5. The Morgan fingerprint density at radius 1 is 0.759 bits per heavy atom. The van der Waals surface area contributed by atoms with E-state index in [2.05, 4.69) is 10.6 Å². The van der Waals surface area contributed by atoms with Crippen molar-refractivity contribution in [3.8, 4) is 11.1 Å². The van der Waals surface area contributed by atoms with E-state index in [1.165, 1.54) is 7.05 Å². The minimum Gasteiger partial charge on any atom is -0.444 e. The molecular formula is C23H20N2O4. The molecule has 0 fully saturated rings. The van der Waals surface area contributed by atoms with E-state index < -0.39 is 24.0 Å². The molecule has 0 unspecified atom stereocenters. The first-order chi connectivity index (χ1) is 14.1. The number of rotatable bonds is 5. The molecule has 6 nitrogen and oxygen atoms in total. The van der Waals surface area contributed by atoms with Gasteiger partial charge in [0.05, 0.1) is 5.56 Å². The number of carbonyl (C=O) groups is 3. The Morgan fingerprint density at radius 2 is 1.31 bits per heavy atom. The van der Waals surface area contributed by atoms with Gasteiger partial charge in [-0.2, -0.15) is 0 Å². The van der Waals surface area contributed by atoms with Gasteiger partial charge < -0.3 is 10.1 Å². The minimum atomic E-state index is -1.25. The quantitative estimate of drug-likeness (QED) is 0.653. The molecule has 2 N–H and O–H groups in total. The van der Waals surface area contributed by atoms with E-state index in [1.807, 2.05) is 42.5 Å². The molecule has 0 saturated heterocycles. The van der Waals surface area contributed by atoms with Crippen LogP contribution in [0.15, 0.2) is 84.9 Å². The summed E-state index contributed by atoms with van der Waals surface area (Å²) in [7, 11) is 1.39. The molecule has 3 amide bonds. The average Bonchev–Trinajstić information content (AvgIpc) is 2.78. The predicted octanol–water partition coefficient (Wildman–Crippen LogP) is 3.71. The molecule has 3 rings (SSSR count). The smallest absolute Gasteiger partial charge is 0.339 e. The lowest BCUT2D eigenvalue weighted by atomic mass is 10.0. The summed E-state index contributed by atoms with van der Waals surface area (Å²) in [5.74, 6) is -1.39. The third-order valence-electron chi connectivity index (χ3n) is 4.26. The summed E-state index contributed by atoms with van der Waals surface area (Å²) in [5, 5.41) is 4.45. The summed E-state index contributed by atoms with van der Waals surface area (Å²) in [6.07, 6.45) is -1.25. The molecule has 3 aromatic rings. The van der Waals surface area contributed by atoms with Crippen molar-refractivity contribution in [1.29, 1.82) is 0 Å². The molecule has 0 saturated carbocycles. The zero-order valence-electron chi connectivity index (χ0n) is 15.8. The van der Waals surface area contributed by atoms with Crippen LogP contribution in [-0.4, -0.2) is 25.0 Å². The molecule has 0 heterocycles. The van der Waals surface area contributed by atoms with Gasteiger partial charge in [-0.05, 0) is 23.3 Å². The monoisotopic (exact) mass is 388 g/mol. The van der Waals surface area contributed by atoms with Crippen LogP contribution in [0.5, 0.6) is 0 Å². The Hall–Kier alpha value is -3.93. The molecule has 0 spiro atoms. The maximum Gasteiger partial charge on any atom is 0.339 e. The number of esters is 1. The molecule has 6 heteroatoms. The van der Waals surface area contributed by atoms with Gasteiger partial charge in [-0.25, -0.2) is 9.59 Å². The highest BCUT2D eigenvalue weighted by molar-refractivity contribution is 5.99. The van der Waals surface area contributed by atoms with Crippen LogP contribution in [0.4, 0.5) is 4.79 Å². The largest absolute Gasteiger partial charge is 0.444 e. The Morgan fingerprint density at radius 3 is 1.90 bits per heavy atom. The Labute approximate surface area is 168 Å². The Kier molecular flexibility index (Phi) is 6.37. The van der Waals surface area contributed by atoms with Crippen molar-refractivity contribution < 1.29 is 19.1 Å². The van der Waals surface area contributed by atoms with Crippen LogP contribution in [0.2, 0.25) is 0 Å². The van der Waals surface area contributed by atoms with Gasteiger partial charge in [-0.1, -0.05) is 72.8 Å². The van der Waals surface area contributed by atoms with E-state index >= 15 is 0 Å². The highest BCUT2D eigenvalue weighted by Crippen LogP contribution is 2.22. The van der Waals surface area contributed by atoms with Gasteiger partial charge in [0.25, 0.3) is 5.91 Å². The van der Waals surface area contributed by atoms with E-state index in [-0.39, 0.29) is 0 Å². The average molecular weight is 388 g/mol. The van der Waals surface area contributed by atoms with Crippen LogP contribution in [0.1, 0.15) is 22.0 Å². The number of carbonyl (C=O) groups excluding carboxylic acids is 3. The first-order valence-electron chi connectivity index (χ1n) is 9.02. The molecule has 0 aliphatic carbocycles. The van der Waals surface area contributed by atoms with E-state index in [0.29, 0.717) is 11.1 Å². The third kappa shape index (κ3) is 5.07. The van der Waals surface area contributed by atoms with Gasteiger partial charge in [-0.3, -0.25) is 10.1 Å². The maximum absolute atomic E-state index is 12.6. The van der Waals surface area contributed by atoms with Gasteiger partial charge in [0, 0.05) is 12.6 Å². The van der Waals surface area contributed by atoms with Crippen LogP contribution in [0.3, 0.4) is 0 Å². The van der Waals surface area contributed by atoms with Crippen LogP contribution >= 0.6 is 0 Å². The molecule has 0 aliphatic heterocycles. The number of nitrogens with one attached hydrogen (secondary N) is 2. The number of benzene rings is 3. The van der Waals surface area contributed by atoms with Crippen molar-refractivity contribution in [2.75, 3.05) is 7.05 Å². The Bertz CT molecular complexity index is 986. The van der Waals surface area contributed by atoms with E-state index in [1.54, 1.807) is 42.5 Å². The van der Waals surface area contributed by atoms with Gasteiger partial charge in [0.15, 0.2) is 0 Å². The molecule has 0 radical (unpaired) electrons. The standard InChI is InChI=1S/C23H20N2O4/c1-24-23(28)25-21(26)20(18-10-6-3-7-11-18)29-22(27)19-14-12-17(13-15-19)16-8-4-2-5-9-16/h2-15,20H,1H3,(H2,24,25,26,28)/t20-/m1/s1. The molecular weight excluding hydrogens is 368 g/mol. The second kappa shape index (κ2) is 9.32. The summed E-state index contributed by atoms with van der Waals surface area (Å²) in [5.41, 5.74) is 2.75. The minimum absolute atomic E-state index is 0.304. The molecule has 0 aliphatic rings. The second-order valence-electron chi connectivity index (χ2n) is 6.21.